The molecule has 0 radical (unpaired) electrons. The van der Waals surface area contributed by atoms with Gasteiger partial charge in [0.25, 0.3) is 10.1 Å². The van der Waals surface area contributed by atoms with Crippen molar-refractivity contribution >= 4 is 22.1 Å². The highest BCUT2D eigenvalue weighted by Gasteiger charge is 2.46. The minimum atomic E-state index is -4.60. The van der Waals surface area contributed by atoms with Crippen LogP contribution in [-0.4, -0.2) is 96.0 Å². The molecule has 0 amide bonds. The number of unbranched alkanes of at least 4 members (excludes halogenated alkanes) is 22. The predicted molar refractivity (Wildman–Crippen MR) is 215 cm³/mol. The number of esters is 2. The molecule has 12 nitrogen and oxygen atoms in total. The van der Waals surface area contributed by atoms with Crippen LogP contribution in [-0.2, 0) is 38.7 Å². The highest BCUT2D eigenvalue weighted by atomic mass is 32.2. The maximum atomic E-state index is 12.8. The molecule has 1 heterocycles. The Hall–Kier alpha value is -1.61. The van der Waals surface area contributed by atoms with Crippen molar-refractivity contribution in [3.05, 3.63) is 12.2 Å². The number of rotatable bonds is 36. The van der Waals surface area contributed by atoms with Gasteiger partial charge in [-0.05, 0) is 38.5 Å². The maximum absolute atomic E-state index is 12.8. The lowest BCUT2D eigenvalue weighted by molar-refractivity contribution is -0.297. The van der Waals surface area contributed by atoms with Crippen LogP contribution in [0.2, 0.25) is 0 Å². The Labute approximate surface area is 333 Å². The Kier molecular flexibility index (Phi) is 31.2. The van der Waals surface area contributed by atoms with Crippen LogP contribution in [0.5, 0.6) is 0 Å². The first-order valence-electron chi connectivity index (χ1n) is 21.7. The van der Waals surface area contributed by atoms with E-state index in [9.17, 15) is 37.9 Å². The van der Waals surface area contributed by atoms with Crippen LogP contribution < -0.4 is 0 Å². The quantitative estimate of drug-likeness (QED) is 0.0206. The second-order valence-corrected chi connectivity index (χ2v) is 16.9. The van der Waals surface area contributed by atoms with Crippen LogP contribution in [0.15, 0.2) is 12.2 Å². The molecule has 324 valence electrons. The van der Waals surface area contributed by atoms with E-state index >= 15 is 0 Å². The van der Waals surface area contributed by atoms with Crippen LogP contribution in [0.25, 0.3) is 0 Å². The SMILES string of the molecule is CCCCCC/C=C/CCCCCCCCCC(=O)OC[C@H](CO[C@H]1O[C@H](CS(=O)(=O)O)[C@@H](O)C(O)C1O)OC(=O)CCCCCCCCCCCCCC. The summed E-state index contributed by atoms with van der Waals surface area (Å²) >= 11 is 0. The van der Waals surface area contributed by atoms with Crippen molar-refractivity contribution in [1.82, 2.24) is 0 Å². The average molecular weight is 807 g/mol. The number of aliphatic hydroxyl groups excluding tert-OH is 3. The zero-order chi connectivity index (χ0) is 40.6. The number of ether oxygens (including phenoxy) is 4. The van der Waals surface area contributed by atoms with E-state index in [0.717, 1.165) is 44.9 Å². The van der Waals surface area contributed by atoms with Gasteiger partial charge in [0.1, 0.15) is 36.8 Å². The molecule has 0 aromatic heterocycles. The summed E-state index contributed by atoms with van der Waals surface area (Å²) in [4.78, 5) is 25.3. The van der Waals surface area contributed by atoms with Crippen molar-refractivity contribution in [2.75, 3.05) is 19.0 Å². The molecule has 0 spiro atoms. The van der Waals surface area contributed by atoms with E-state index in [0.29, 0.717) is 12.8 Å². The van der Waals surface area contributed by atoms with Gasteiger partial charge in [-0.25, -0.2) is 0 Å². The second-order valence-electron chi connectivity index (χ2n) is 15.4. The number of aliphatic hydroxyl groups is 3. The Morgan fingerprint density at radius 2 is 1.04 bits per heavy atom. The van der Waals surface area contributed by atoms with E-state index in [1.165, 1.54) is 103 Å². The van der Waals surface area contributed by atoms with E-state index < -0.39 is 71.2 Å². The van der Waals surface area contributed by atoms with Crippen LogP contribution in [0.4, 0.5) is 0 Å². The van der Waals surface area contributed by atoms with Crippen molar-refractivity contribution in [3.63, 3.8) is 0 Å². The number of allylic oxidation sites excluding steroid dienone is 2. The van der Waals surface area contributed by atoms with Crippen molar-refractivity contribution in [1.29, 1.82) is 0 Å². The van der Waals surface area contributed by atoms with E-state index in [1.54, 1.807) is 0 Å². The summed E-state index contributed by atoms with van der Waals surface area (Å²) in [5.74, 6) is -1.98. The van der Waals surface area contributed by atoms with Crippen LogP contribution in [0, 0.1) is 0 Å². The van der Waals surface area contributed by atoms with E-state index in [1.807, 2.05) is 0 Å². The zero-order valence-corrected chi connectivity index (χ0v) is 35.1. The van der Waals surface area contributed by atoms with Crippen molar-refractivity contribution in [3.8, 4) is 0 Å². The standard InChI is InChI=1S/C42H78O12S/c1-3-5-7-9-11-13-15-17-18-19-21-22-24-26-28-30-37(43)51-32-35(33-52-42-41(47)40(46)39(45)36(54-42)34-55(48,49)50)53-38(44)31-29-27-25-23-20-16-14-12-10-8-6-4-2/h13,15,35-36,39-42,45-47H,3-12,14,16-34H2,1-2H3,(H,48,49,50)/b15-13+/t35-,36-,39-,40?,41?,42+/m1/s1. The molecule has 1 rings (SSSR count). The third-order valence-electron chi connectivity index (χ3n) is 10.1. The first kappa shape index (κ1) is 51.4. The molecule has 1 aliphatic heterocycles. The number of carbonyl (C=O) groups is 2. The highest BCUT2D eigenvalue weighted by molar-refractivity contribution is 7.85. The summed E-state index contributed by atoms with van der Waals surface area (Å²) in [6.45, 7) is 3.74. The minimum absolute atomic E-state index is 0.168. The molecule has 2 unspecified atom stereocenters. The van der Waals surface area contributed by atoms with E-state index in [4.69, 9.17) is 18.9 Å². The molecule has 6 atom stereocenters. The topological polar surface area (TPSA) is 186 Å². The van der Waals surface area contributed by atoms with Gasteiger partial charge in [0.05, 0.1) is 6.61 Å². The predicted octanol–water partition coefficient (Wildman–Crippen LogP) is 8.28. The monoisotopic (exact) mass is 807 g/mol. The van der Waals surface area contributed by atoms with Crippen molar-refractivity contribution in [2.24, 2.45) is 0 Å². The summed E-state index contributed by atoms with van der Waals surface area (Å²) in [7, 11) is -4.60. The molecular weight excluding hydrogens is 729 g/mol. The first-order valence-corrected chi connectivity index (χ1v) is 23.4. The van der Waals surface area contributed by atoms with Gasteiger partial charge in [-0.2, -0.15) is 8.42 Å². The zero-order valence-electron chi connectivity index (χ0n) is 34.3. The fraction of sp³-hybridized carbons (Fsp3) is 0.905. The van der Waals surface area contributed by atoms with Gasteiger partial charge in [0, 0.05) is 12.8 Å². The molecule has 55 heavy (non-hydrogen) atoms. The smallest absolute Gasteiger partial charge is 0.306 e. The van der Waals surface area contributed by atoms with Crippen molar-refractivity contribution in [2.45, 2.75) is 224 Å². The molecule has 0 aromatic carbocycles. The molecule has 1 fully saturated rings. The maximum Gasteiger partial charge on any atom is 0.306 e. The summed E-state index contributed by atoms with van der Waals surface area (Å²) in [6.07, 6.45) is 24.0. The third kappa shape index (κ3) is 28.4. The van der Waals surface area contributed by atoms with Gasteiger partial charge >= 0.3 is 11.9 Å². The fourth-order valence-electron chi connectivity index (χ4n) is 6.67. The molecule has 1 aliphatic rings. The number of carbonyl (C=O) groups excluding carboxylic acids is 2. The van der Waals surface area contributed by atoms with Crippen LogP contribution >= 0.6 is 0 Å². The second kappa shape index (κ2) is 33.4. The molecule has 0 aliphatic carbocycles. The van der Waals surface area contributed by atoms with Gasteiger partial charge in [-0.15, -0.1) is 0 Å². The number of hydrogen-bond acceptors (Lipinski definition) is 11. The van der Waals surface area contributed by atoms with E-state index in [-0.39, 0.29) is 19.4 Å². The summed E-state index contributed by atoms with van der Waals surface area (Å²) in [5, 5.41) is 30.8. The molecular formula is C42H78O12S. The largest absolute Gasteiger partial charge is 0.462 e. The minimum Gasteiger partial charge on any atom is -0.462 e. The third-order valence-corrected chi connectivity index (χ3v) is 10.8. The Balaban J connectivity index is 2.46. The lowest BCUT2D eigenvalue weighted by Crippen LogP contribution is -2.60. The summed E-state index contributed by atoms with van der Waals surface area (Å²) < 4.78 is 53.9. The Morgan fingerprint density at radius 3 is 1.53 bits per heavy atom. The summed E-state index contributed by atoms with van der Waals surface area (Å²) in [6, 6.07) is 0. The Bertz CT molecular complexity index is 1080. The first-order chi connectivity index (χ1) is 26.5. The van der Waals surface area contributed by atoms with Gasteiger partial charge in [0.15, 0.2) is 12.4 Å². The van der Waals surface area contributed by atoms with Crippen LogP contribution in [0.1, 0.15) is 187 Å². The van der Waals surface area contributed by atoms with Gasteiger partial charge in [-0.1, -0.05) is 148 Å². The molecule has 0 bridgehead atoms. The average Bonchev–Trinajstić information content (AvgIpc) is 3.14. The number of hydrogen-bond donors (Lipinski definition) is 4. The van der Waals surface area contributed by atoms with Gasteiger partial charge < -0.3 is 34.3 Å². The fourth-order valence-corrected chi connectivity index (χ4v) is 7.36. The normalized spacial score (nSPS) is 20.9. The molecule has 13 heteroatoms. The lowest BCUT2D eigenvalue weighted by Gasteiger charge is -2.40. The molecule has 4 N–H and O–H groups in total. The molecule has 0 saturated carbocycles. The summed E-state index contributed by atoms with van der Waals surface area (Å²) in [5.41, 5.74) is 0. The van der Waals surface area contributed by atoms with Crippen LogP contribution in [0.3, 0.4) is 0 Å². The van der Waals surface area contributed by atoms with E-state index in [2.05, 4.69) is 26.0 Å². The van der Waals surface area contributed by atoms with Gasteiger partial charge in [-0.3, -0.25) is 14.1 Å². The van der Waals surface area contributed by atoms with Crippen molar-refractivity contribution < 1.29 is 56.8 Å². The molecule has 0 aromatic rings. The molecule has 1 saturated heterocycles. The lowest BCUT2D eigenvalue weighted by atomic mass is 10.00. The Morgan fingerprint density at radius 1 is 0.600 bits per heavy atom. The highest BCUT2D eigenvalue weighted by Crippen LogP contribution is 2.24. The van der Waals surface area contributed by atoms with Gasteiger partial charge in [0.2, 0.25) is 0 Å².